The maximum atomic E-state index is 5.83. The average molecular weight is 306 g/mol. The van der Waals surface area contributed by atoms with Crippen LogP contribution in [0, 0.1) is 0 Å². The summed E-state index contributed by atoms with van der Waals surface area (Å²) in [7, 11) is 0. The van der Waals surface area contributed by atoms with Crippen molar-refractivity contribution < 1.29 is 4.74 Å². The maximum absolute atomic E-state index is 5.83. The quantitative estimate of drug-likeness (QED) is 0.860. The minimum atomic E-state index is 0.531. The summed E-state index contributed by atoms with van der Waals surface area (Å²) in [4.78, 5) is 0. The molecule has 0 radical (unpaired) electrons. The first-order valence-corrected chi connectivity index (χ1v) is 6.74. The molecule has 0 saturated heterocycles. The van der Waals surface area contributed by atoms with Gasteiger partial charge in [0.25, 0.3) is 0 Å². The van der Waals surface area contributed by atoms with Gasteiger partial charge in [0.1, 0.15) is 12.4 Å². The molecule has 0 amide bonds. The predicted octanol–water partition coefficient (Wildman–Crippen LogP) is 4.17. The van der Waals surface area contributed by atoms with Gasteiger partial charge < -0.3 is 10.5 Å². The number of rotatable bonds is 4. The standard InChI is InChI=1S/C15H16BrNO/c1-2-11-3-6-13(7-4-11)18-10-12-5-8-14(16)15(17)9-12/h3-9H,2,10,17H2,1H3. The molecule has 0 aliphatic heterocycles. The van der Waals surface area contributed by atoms with Crippen LogP contribution in [0.5, 0.6) is 5.75 Å². The maximum Gasteiger partial charge on any atom is 0.119 e. The van der Waals surface area contributed by atoms with E-state index < -0.39 is 0 Å². The fourth-order valence-corrected chi connectivity index (χ4v) is 1.92. The molecule has 0 fully saturated rings. The molecule has 0 aliphatic carbocycles. The van der Waals surface area contributed by atoms with Crippen molar-refractivity contribution in [3.63, 3.8) is 0 Å². The highest BCUT2D eigenvalue weighted by Crippen LogP contribution is 2.21. The monoisotopic (exact) mass is 305 g/mol. The van der Waals surface area contributed by atoms with E-state index in [0.717, 1.165) is 27.9 Å². The Bertz CT molecular complexity index is 523. The van der Waals surface area contributed by atoms with Crippen LogP contribution < -0.4 is 10.5 Å². The van der Waals surface area contributed by atoms with Gasteiger partial charge in [0, 0.05) is 10.2 Å². The summed E-state index contributed by atoms with van der Waals surface area (Å²) in [5.74, 6) is 0.883. The van der Waals surface area contributed by atoms with Crippen LogP contribution in [-0.2, 0) is 13.0 Å². The van der Waals surface area contributed by atoms with Gasteiger partial charge in [-0.25, -0.2) is 0 Å². The SMILES string of the molecule is CCc1ccc(OCc2ccc(Br)c(N)c2)cc1. The Morgan fingerprint density at radius 3 is 2.33 bits per heavy atom. The minimum absolute atomic E-state index is 0.531. The van der Waals surface area contributed by atoms with Crippen molar-refractivity contribution in [3.05, 3.63) is 58.1 Å². The van der Waals surface area contributed by atoms with Crippen LogP contribution in [0.15, 0.2) is 46.9 Å². The zero-order chi connectivity index (χ0) is 13.0. The van der Waals surface area contributed by atoms with E-state index in [1.165, 1.54) is 5.56 Å². The first-order chi connectivity index (χ1) is 8.69. The summed E-state index contributed by atoms with van der Waals surface area (Å²) in [6, 6.07) is 14.0. The summed E-state index contributed by atoms with van der Waals surface area (Å²) in [5.41, 5.74) is 8.94. The van der Waals surface area contributed by atoms with Gasteiger partial charge in [0.15, 0.2) is 0 Å². The fourth-order valence-electron chi connectivity index (χ4n) is 1.67. The Kier molecular flexibility index (Phi) is 4.26. The third-order valence-electron chi connectivity index (χ3n) is 2.80. The van der Waals surface area contributed by atoms with Crippen molar-refractivity contribution in [1.82, 2.24) is 0 Å². The second-order valence-corrected chi connectivity index (χ2v) is 5.00. The molecule has 0 heterocycles. The number of anilines is 1. The largest absolute Gasteiger partial charge is 0.489 e. The highest BCUT2D eigenvalue weighted by atomic mass is 79.9. The zero-order valence-electron chi connectivity index (χ0n) is 10.3. The highest BCUT2D eigenvalue weighted by Gasteiger charge is 2.00. The van der Waals surface area contributed by atoms with E-state index in [-0.39, 0.29) is 0 Å². The Morgan fingerprint density at radius 2 is 1.72 bits per heavy atom. The fraction of sp³-hybridized carbons (Fsp3) is 0.200. The van der Waals surface area contributed by atoms with E-state index in [0.29, 0.717) is 6.61 Å². The van der Waals surface area contributed by atoms with Crippen LogP contribution in [0.4, 0.5) is 5.69 Å². The predicted molar refractivity (Wildman–Crippen MR) is 78.7 cm³/mol. The lowest BCUT2D eigenvalue weighted by Crippen LogP contribution is -1.97. The number of nitrogens with two attached hydrogens (primary N) is 1. The number of nitrogen functional groups attached to an aromatic ring is 1. The molecule has 2 aromatic carbocycles. The normalized spacial score (nSPS) is 10.3. The van der Waals surface area contributed by atoms with E-state index >= 15 is 0 Å². The van der Waals surface area contributed by atoms with Crippen molar-refractivity contribution in [2.45, 2.75) is 20.0 Å². The lowest BCUT2D eigenvalue weighted by Gasteiger charge is -2.08. The lowest BCUT2D eigenvalue weighted by atomic mass is 10.2. The Labute approximate surface area is 116 Å². The number of hydrogen-bond acceptors (Lipinski definition) is 2. The molecule has 0 bridgehead atoms. The molecule has 2 nitrogen and oxygen atoms in total. The molecule has 18 heavy (non-hydrogen) atoms. The van der Waals surface area contributed by atoms with Gasteiger partial charge in [-0.3, -0.25) is 0 Å². The third-order valence-corrected chi connectivity index (χ3v) is 3.52. The van der Waals surface area contributed by atoms with Crippen molar-refractivity contribution in [1.29, 1.82) is 0 Å². The first-order valence-electron chi connectivity index (χ1n) is 5.94. The number of benzene rings is 2. The summed E-state index contributed by atoms with van der Waals surface area (Å²) in [6.07, 6.45) is 1.05. The van der Waals surface area contributed by atoms with Gasteiger partial charge in [0.05, 0.1) is 0 Å². The molecule has 2 rings (SSSR count). The molecule has 94 valence electrons. The van der Waals surface area contributed by atoms with Crippen LogP contribution in [0.1, 0.15) is 18.1 Å². The first kappa shape index (κ1) is 13.0. The van der Waals surface area contributed by atoms with Crippen LogP contribution >= 0.6 is 15.9 Å². The van der Waals surface area contributed by atoms with Crippen LogP contribution in [0.25, 0.3) is 0 Å². The molecule has 0 aliphatic rings. The zero-order valence-corrected chi connectivity index (χ0v) is 11.9. The van der Waals surface area contributed by atoms with E-state index in [2.05, 4.69) is 35.0 Å². The second-order valence-electron chi connectivity index (χ2n) is 4.14. The van der Waals surface area contributed by atoms with Gasteiger partial charge in [-0.1, -0.05) is 25.1 Å². The van der Waals surface area contributed by atoms with E-state index in [9.17, 15) is 0 Å². The molecular weight excluding hydrogens is 290 g/mol. The van der Waals surface area contributed by atoms with Gasteiger partial charge in [0.2, 0.25) is 0 Å². The number of hydrogen-bond donors (Lipinski definition) is 1. The summed E-state index contributed by atoms with van der Waals surface area (Å²) in [5, 5.41) is 0. The smallest absolute Gasteiger partial charge is 0.119 e. The van der Waals surface area contributed by atoms with Crippen molar-refractivity contribution >= 4 is 21.6 Å². The Hall–Kier alpha value is -1.48. The molecule has 0 atom stereocenters. The molecule has 3 heteroatoms. The number of halogens is 1. The van der Waals surface area contributed by atoms with Gasteiger partial charge in [-0.05, 0) is 57.7 Å². The van der Waals surface area contributed by atoms with Crippen LogP contribution in [0.3, 0.4) is 0 Å². The molecule has 2 aromatic rings. The molecule has 0 saturated carbocycles. The molecule has 0 spiro atoms. The van der Waals surface area contributed by atoms with Crippen LogP contribution in [-0.4, -0.2) is 0 Å². The van der Waals surface area contributed by atoms with Gasteiger partial charge >= 0.3 is 0 Å². The topological polar surface area (TPSA) is 35.2 Å². The Morgan fingerprint density at radius 1 is 1.06 bits per heavy atom. The van der Waals surface area contributed by atoms with E-state index in [1.807, 2.05) is 30.3 Å². The van der Waals surface area contributed by atoms with Crippen molar-refractivity contribution in [2.75, 3.05) is 5.73 Å². The minimum Gasteiger partial charge on any atom is -0.489 e. The molecular formula is C15H16BrNO. The highest BCUT2D eigenvalue weighted by molar-refractivity contribution is 9.10. The van der Waals surface area contributed by atoms with E-state index in [4.69, 9.17) is 10.5 Å². The van der Waals surface area contributed by atoms with E-state index in [1.54, 1.807) is 0 Å². The molecule has 2 N–H and O–H groups in total. The second kappa shape index (κ2) is 5.91. The molecule has 0 aromatic heterocycles. The molecule has 0 unspecified atom stereocenters. The summed E-state index contributed by atoms with van der Waals surface area (Å²) >= 11 is 3.38. The number of aryl methyl sites for hydroxylation is 1. The van der Waals surface area contributed by atoms with Gasteiger partial charge in [-0.2, -0.15) is 0 Å². The average Bonchev–Trinajstić information content (AvgIpc) is 2.41. The summed E-state index contributed by atoms with van der Waals surface area (Å²) in [6.45, 7) is 2.67. The van der Waals surface area contributed by atoms with Crippen molar-refractivity contribution in [3.8, 4) is 5.75 Å². The lowest BCUT2D eigenvalue weighted by molar-refractivity contribution is 0.306. The summed E-state index contributed by atoms with van der Waals surface area (Å²) < 4.78 is 6.63. The van der Waals surface area contributed by atoms with Crippen molar-refractivity contribution in [2.24, 2.45) is 0 Å². The number of ether oxygens (including phenoxy) is 1. The van der Waals surface area contributed by atoms with Crippen LogP contribution in [0.2, 0.25) is 0 Å². The third kappa shape index (κ3) is 3.26. The Balaban J connectivity index is 1.99. The van der Waals surface area contributed by atoms with Gasteiger partial charge in [-0.15, -0.1) is 0 Å².